The van der Waals surface area contributed by atoms with Crippen LogP contribution in [0.25, 0.3) is 0 Å². The number of nitrogens with one attached hydrogen (secondary N) is 1. The van der Waals surface area contributed by atoms with E-state index >= 15 is 0 Å². The third-order valence-electron chi connectivity index (χ3n) is 1.34. The van der Waals surface area contributed by atoms with Crippen molar-refractivity contribution in [1.29, 1.82) is 0 Å². The van der Waals surface area contributed by atoms with Crippen LogP contribution in [-0.2, 0) is 0 Å². The summed E-state index contributed by atoms with van der Waals surface area (Å²) in [5.74, 6) is 0. The van der Waals surface area contributed by atoms with E-state index in [-0.39, 0.29) is 6.73 Å². The molecule has 0 aromatic heterocycles. The Morgan fingerprint density at radius 1 is 1.33 bits per heavy atom. The summed E-state index contributed by atoms with van der Waals surface area (Å²) in [5, 5.41) is 11.2. The van der Waals surface area contributed by atoms with E-state index in [0.717, 1.165) is 19.8 Å². The molecular weight excluding hydrogens is 116 g/mol. The maximum Gasteiger partial charge on any atom is 0.0941 e. The molecule has 0 radical (unpaired) electrons. The van der Waals surface area contributed by atoms with Crippen LogP contribution in [0.2, 0.25) is 0 Å². The fourth-order valence-electron chi connectivity index (χ4n) is 0.655. The Morgan fingerprint density at radius 3 is 2.22 bits per heavy atom. The molecule has 9 heavy (non-hydrogen) atoms. The Balaban J connectivity index is 3.09. The monoisotopic (exact) mass is 132 g/mol. The molecule has 0 aliphatic heterocycles. The van der Waals surface area contributed by atoms with Crippen molar-refractivity contribution in [3.63, 3.8) is 0 Å². The van der Waals surface area contributed by atoms with Crippen LogP contribution in [-0.4, -0.2) is 36.5 Å². The Labute approximate surface area is 56.7 Å². The molecule has 0 spiro atoms. The lowest BCUT2D eigenvalue weighted by molar-refractivity contribution is 0.204. The molecule has 0 heterocycles. The molecule has 0 saturated heterocycles. The molecule has 0 aliphatic carbocycles. The van der Waals surface area contributed by atoms with Crippen molar-refractivity contribution in [1.82, 2.24) is 10.2 Å². The number of hydrogen-bond acceptors (Lipinski definition) is 3. The lowest BCUT2D eigenvalue weighted by Crippen LogP contribution is -2.34. The molecule has 0 fully saturated rings. The van der Waals surface area contributed by atoms with Crippen LogP contribution in [0.1, 0.15) is 13.8 Å². The van der Waals surface area contributed by atoms with E-state index in [2.05, 4.69) is 24.1 Å². The van der Waals surface area contributed by atoms with Gasteiger partial charge in [-0.2, -0.15) is 0 Å². The minimum absolute atomic E-state index is 0.0660. The van der Waals surface area contributed by atoms with Crippen LogP contribution in [0.3, 0.4) is 0 Å². The highest BCUT2D eigenvalue weighted by atomic mass is 16.3. The Bertz CT molecular complexity index is 55.0. The number of aliphatic hydroxyl groups excluding tert-OH is 1. The maximum absolute atomic E-state index is 8.37. The van der Waals surface area contributed by atoms with Crippen LogP contribution in [0.5, 0.6) is 0 Å². The maximum atomic E-state index is 8.37. The van der Waals surface area contributed by atoms with Gasteiger partial charge < -0.3 is 5.11 Å². The van der Waals surface area contributed by atoms with E-state index < -0.39 is 0 Å². The molecule has 56 valence electrons. The minimum Gasteiger partial charge on any atom is -0.381 e. The third-order valence-corrected chi connectivity index (χ3v) is 1.34. The molecule has 3 heteroatoms. The summed E-state index contributed by atoms with van der Waals surface area (Å²) < 4.78 is 0. The van der Waals surface area contributed by atoms with E-state index in [1.807, 2.05) is 0 Å². The zero-order valence-corrected chi connectivity index (χ0v) is 6.22. The second-order valence-electron chi connectivity index (χ2n) is 1.87. The fourth-order valence-corrected chi connectivity index (χ4v) is 0.655. The van der Waals surface area contributed by atoms with Crippen molar-refractivity contribution in [2.45, 2.75) is 13.8 Å². The zero-order chi connectivity index (χ0) is 7.11. The van der Waals surface area contributed by atoms with Gasteiger partial charge in [-0.25, -0.2) is 0 Å². The lowest BCUT2D eigenvalue weighted by atomic mass is 10.5. The number of hydrogen-bond donors (Lipinski definition) is 2. The zero-order valence-electron chi connectivity index (χ0n) is 6.22. The number of rotatable bonds is 5. The summed E-state index contributed by atoms with van der Waals surface area (Å²) in [7, 11) is 0. The summed E-state index contributed by atoms with van der Waals surface area (Å²) in [6.07, 6.45) is 0. The van der Waals surface area contributed by atoms with E-state index in [1.54, 1.807) is 0 Å². The Kier molecular flexibility index (Phi) is 5.93. The average molecular weight is 132 g/mol. The topological polar surface area (TPSA) is 35.5 Å². The van der Waals surface area contributed by atoms with E-state index in [1.165, 1.54) is 0 Å². The van der Waals surface area contributed by atoms with Crippen LogP contribution in [0.4, 0.5) is 0 Å². The molecule has 0 amide bonds. The van der Waals surface area contributed by atoms with Crippen molar-refractivity contribution in [3.05, 3.63) is 0 Å². The first-order chi connectivity index (χ1) is 4.35. The molecule has 2 N–H and O–H groups in total. The largest absolute Gasteiger partial charge is 0.381 e. The molecule has 0 saturated carbocycles. The van der Waals surface area contributed by atoms with Crippen molar-refractivity contribution in [2.24, 2.45) is 0 Å². The standard InChI is InChI=1S/C6H16N2O/c1-3-8(4-2)5-7-6-9/h7,9H,3-6H2,1-2H3. The second kappa shape index (κ2) is 6.01. The van der Waals surface area contributed by atoms with Gasteiger partial charge in [-0.15, -0.1) is 0 Å². The molecule has 3 nitrogen and oxygen atoms in total. The van der Waals surface area contributed by atoms with Gasteiger partial charge in [0.1, 0.15) is 0 Å². The predicted molar refractivity (Wildman–Crippen MR) is 38.0 cm³/mol. The van der Waals surface area contributed by atoms with Crippen molar-refractivity contribution < 1.29 is 5.11 Å². The van der Waals surface area contributed by atoms with E-state index in [9.17, 15) is 0 Å². The van der Waals surface area contributed by atoms with Gasteiger partial charge in [-0.1, -0.05) is 13.8 Å². The quantitative estimate of drug-likeness (QED) is 0.510. The summed E-state index contributed by atoms with van der Waals surface area (Å²) in [6.45, 7) is 7.11. The van der Waals surface area contributed by atoms with Gasteiger partial charge in [0.2, 0.25) is 0 Å². The predicted octanol–water partition coefficient (Wildman–Crippen LogP) is -0.175. The minimum atomic E-state index is 0.0660. The fraction of sp³-hybridized carbons (Fsp3) is 1.00. The molecule has 0 unspecified atom stereocenters. The number of aliphatic hydroxyl groups is 1. The molecule has 0 aliphatic rings. The highest BCUT2D eigenvalue weighted by molar-refractivity contribution is 4.46. The van der Waals surface area contributed by atoms with Gasteiger partial charge >= 0.3 is 0 Å². The van der Waals surface area contributed by atoms with Gasteiger partial charge in [0, 0.05) is 6.67 Å². The lowest BCUT2D eigenvalue weighted by Gasteiger charge is -2.17. The number of nitrogens with zero attached hydrogens (tertiary/aromatic N) is 1. The van der Waals surface area contributed by atoms with Gasteiger partial charge in [0.05, 0.1) is 6.73 Å². The third kappa shape index (κ3) is 4.39. The highest BCUT2D eigenvalue weighted by Crippen LogP contribution is 1.80. The van der Waals surface area contributed by atoms with Crippen LogP contribution < -0.4 is 5.32 Å². The van der Waals surface area contributed by atoms with Gasteiger partial charge in [0.25, 0.3) is 0 Å². The summed E-state index contributed by atoms with van der Waals surface area (Å²) in [5.41, 5.74) is 0. The Morgan fingerprint density at radius 2 is 1.89 bits per heavy atom. The molecule has 0 atom stereocenters. The van der Waals surface area contributed by atoms with Gasteiger partial charge in [-0.05, 0) is 13.1 Å². The normalized spacial score (nSPS) is 10.7. The molecule has 0 bridgehead atoms. The molecule has 0 aromatic carbocycles. The first kappa shape index (κ1) is 8.88. The smallest absolute Gasteiger partial charge is 0.0941 e. The van der Waals surface area contributed by atoms with Crippen molar-refractivity contribution in [3.8, 4) is 0 Å². The van der Waals surface area contributed by atoms with Gasteiger partial charge in [0.15, 0.2) is 0 Å². The van der Waals surface area contributed by atoms with E-state index in [4.69, 9.17) is 5.11 Å². The average Bonchev–Trinajstić information content (AvgIpc) is 1.91. The van der Waals surface area contributed by atoms with Crippen molar-refractivity contribution >= 4 is 0 Å². The first-order valence-corrected chi connectivity index (χ1v) is 3.39. The molecule has 0 rings (SSSR count). The van der Waals surface area contributed by atoms with Gasteiger partial charge in [-0.3, -0.25) is 10.2 Å². The van der Waals surface area contributed by atoms with Crippen LogP contribution >= 0.6 is 0 Å². The molecular formula is C6H16N2O. The van der Waals surface area contributed by atoms with Crippen LogP contribution in [0.15, 0.2) is 0 Å². The summed E-state index contributed by atoms with van der Waals surface area (Å²) in [6, 6.07) is 0. The summed E-state index contributed by atoms with van der Waals surface area (Å²) in [4.78, 5) is 2.19. The second-order valence-corrected chi connectivity index (χ2v) is 1.87. The molecule has 0 aromatic rings. The summed E-state index contributed by atoms with van der Waals surface area (Å²) >= 11 is 0. The van der Waals surface area contributed by atoms with Crippen LogP contribution in [0, 0.1) is 0 Å². The van der Waals surface area contributed by atoms with E-state index in [0.29, 0.717) is 0 Å². The first-order valence-electron chi connectivity index (χ1n) is 3.39. The Hall–Kier alpha value is -0.120. The SMILES string of the molecule is CCN(CC)CNCO. The highest BCUT2D eigenvalue weighted by Gasteiger charge is 1.94. The van der Waals surface area contributed by atoms with Crippen molar-refractivity contribution in [2.75, 3.05) is 26.5 Å².